The van der Waals surface area contributed by atoms with E-state index in [0.29, 0.717) is 17.1 Å². The lowest BCUT2D eigenvalue weighted by Crippen LogP contribution is -2.17. The van der Waals surface area contributed by atoms with Gasteiger partial charge in [-0.25, -0.2) is 0 Å². The molecule has 1 aromatic carbocycles. The number of hydrogen-bond acceptors (Lipinski definition) is 3. The molecule has 1 aromatic heterocycles. The Balaban J connectivity index is 2.19. The number of nitrogens with zero attached hydrogens (tertiary/aromatic N) is 1. The predicted molar refractivity (Wildman–Crippen MR) is 79.5 cm³/mol. The molecule has 0 radical (unpaired) electrons. The Bertz CT molecular complexity index is 600. The smallest absolute Gasteiger partial charge is 0.272 e. The van der Waals surface area contributed by atoms with Crippen molar-refractivity contribution >= 4 is 17.3 Å². The van der Waals surface area contributed by atoms with Crippen LogP contribution in [0.4, 0.5) is 11.4 Å². The summed E-state index contributed by atoms with van der Waals surface area (Å²) >= 11 is 0. The Morgan fingerprint density at radius 3 is 2.55 bits per heavy atom. The number of nitrogens with one attached hydrogen (secondary N) is 1. The molecule has 0 spiro atoms. The van der Waals surface area contributed by atoms with E-state index in [9.17, 15) is 4.79 Å². The van der Waals surface area contributed by atoms with Gasteiger partial charge in [-0.05, 0) is 37.6 Å². The minimum Gasteiger partial charge on any atom is -0.397 e. The van der Waals surface area contributed by atoms with Crippen LogP contribution < -0.4 is 11.1 Å². The molecule has 0 fully saturated rings. The van der Waals surface area contributed by atoms with Gasteiger partial charge in [-0.3, -0.25) is 4.79 Å². The molecular weight excluding hydrogens is 254 g/mol. The number of aliphatic hydroxyl groups excluding tert-OH is 1. The molecule has 0 saturated carbocycles. The van der Waals surface area contributed by atoms with E-state index in [1.807, 2.05) is 18.4 Å². The monoisotopic (exact) mass is 273 g/mol. The van der Waals surface area contributed by atoms with Crippen molar-refractivity contribution in [1.29, 1.82) is 0 Å². The average molecular weight is 273 g/mol. The summed E-state index contributed by atoms with van der Waals surface area (Å²) in [5.41, 5.74) is 8.34. The average Bonchev–Trinajstić information content (AvgIpc) is 2.82. The molecule has 2 aromatic rings. The number of rotatable bonds is 4. The van der Waals surface area contributed by atoms with Crippen molar-refractivity contribution in [2.45, 2.75) is 26.5 Å². The standard InChI is InChI=1S/C15H19N3O2/c1-10(2)18-8-12(16)7-14(18)15(20)17-13-5-3-11(9-19)4-6-13/h3-8,10,19H,9,16H2,1-2H3,(H,17,20). The van der Waals surface area contributed by atoms with Crippen LogP contribution in [0.3, 0.4) is 0 Å². The van der Waals surface area contributed by atoms with Crippen molar-refractivity contribution in [1.82, 2.24) is 4.57 Å². The van der Waals surface area contributed by atoms with Crippen molar-refractivity contribution < 1.29 is 9.90 Å². The van der Waals surface area contributed by atoms with Gasteiger partial charge in [-0.1, -0.05) is 12.1 Å². The first-order valence-corrected chi connectivity index (χ1v) is 6.49. The molecule has 1 amide bonds. The first-order valence-electron chi connectivity index (χ1n) is 6.49. The third-order valence-electron chi connectivity index (χ3n) is 3.05. The van der Waals surface area contributed by atoms with Crippen LogP contribution in [-0.2, 0) is 6.61 Å². The maximum Gasteiger partial charge on any atom is 0.272 e. The summed E-state index contributed by atoms with van der Waals surface area (Å²) in [5.74, 6) is -0.202. The van der Waals surface area contributed by atoms with E-state index in [1.54, 1.807) is 36.5 Å². The Hall–Kier alpha value is -2.27. The van der Waals surface area contributed by atoms with Crippen LogP contribution in [0.1, 0.15) is 35.9 Å². The molecule has 106 valence electrons. The fraction of sp³-hybridized carbons (Fsp3) is 0.267. The van der Waals surface area contributed by atoms with Gasteiger partial charge in [-0.15, -0.1) is 0 Å². The van der Waals surface area contributed by atoms with Gasteiger partial charge in [0.05, 0.1) is 12.3 Å². The second kappa shape index (κ2) is 5.79. The minimum atomic E-state index is -0.202. The molecule has 2 rings (SSSR count). The maximum absolute atomic E-state index is 12.3. The van der Waals surface area contributed by atoms with E-state index in [-0.39, 0.29) is 18.6 Å². The molecule has 4 N–H and O–H groups in total. The van der Waals surface area contributed by atoms with Crippen LogP contribution in [0.25, 0.3) is 0 Å². The lowest BCUT2D eigenvalue weighted by atomic mass is 10.2. The summed E-state index contributed by atoms with van der Waals surface area (Å²) in [6.45, 7) is 3.97. The number of hydrogen-bond donors (Lipinski definition) is 3. The second-order valence-corrected chi connectivity index (χ2v) is 4.97. The lowest BCUT2D eigenvalue weighted by molar-refractivity contribution is 0.101. The number of benzene rings is 1. The van der Waals surface area contributed by atoms with Crippen molar-refractivity contribution in [2.24, 2.45) is 0 Å². The van der Waals surface area contributed by atoms with Gasteiger partial charge < -0.3 is 20.7 Å². The number of carbonyl (C=O) groups excluding carboxylic acids is 1. The van der Waals surface area contributed by atoms with E-state index >= 15 is 0 Å². The first kappa shape index (κ1) is 14.1. The van der Waals surface area contributed by atoms with Gasteiger partial charge in [0.1, 0.15) is 5.69 Å². The SMILES string of the molecule is CC(C)n1cc(N)cc1C(=O)Nc1ccc(CO)cc1. The molecule has 1 heterocycles. The van der Waals surface area contributed by atoms with E-state index < -0.39 is 0 Å². The van der Waals surface area contributed by atoms with Gasteiger partial charge in [0.25, 0.3) is 5.91 Å². The number of amides is 1. The number of aliphatic hydroxyl groups is 1. The first-order chi connectivity index (χ1) is 9.51. The zero-order valence-electron chi connectivity index (χ0n) is 11.6. The number of nitrogens with two attached hydrogens (primary N) is 1. The number of nitrogen functional groups attached to an aromatic ring is 1. The van der Waals surface area contributed by atoms with E-state index in [1.165, 1.54) is 0 Å². The fourth-order valence-corrected chi connectivity index (χ4v) is 2.00. The fourth-order valence-electron chi connectivity index (χ4n) is 2.00. The zero-order chi connectivity index (χ0) is 14.7. The van der Waals surface area contributed by atoms with Gasteiger partial charge in [-0.2, -0.15) is 0 Å². The summed E-state index contributed by atoms with van der Waals surface area (Å²) < 4.78 is 1.84. The summed E-state index contributed by atoms with van der Waals surface area (Å²) in [6.07, 6.45) is 1.76. The Morgan fingerprint density at radius 1 is 1.35 bits per heavy atom. The minimum absolute atomic E-state index is 0.0129. The molecule has 0 atom stereocenters. The Kier molecular flexibility index (Phi) is 4.10. The van der Waals surface area contributed by atoms with Crippen LogP contribution in [0.5, 0.6) is 0 Å². The molecule has 0 aliphatic carbocycles. The van der Waals surface area contributed by atoms with Gasteiger partial charge in [0.2, 0.25) is 0 Å². The highest BCUT2D eigenvalue weighted by Crippen LogP contribution is 2.18. The third-order valence-corrected chi connectivity index (χ3v) is 3.05. The van der Waals surface area contributed by atoms with Crippen LogP contribution in [0, 0.1) is 0 Å². The summed E-state index contributed by atoms with van der Waals surface area (Å²) in [6, 6.07) is 8.88. The van der Waals surface area contributed by atoms with Crippen molar-refractivity contribution in [2.75, 3.05) is 11.1 Å². The molecule has 0 bridgehead atoms. The van der Waals surface area contributed by atoms with Crippen molar-refractivity contribution in [3.05, 3.63) is 47.8 Å². The molecular formula is C15H19N3O2. The summed E-state index contributed by atoms with van der Waals surface area (Å²) in [5, 5.41) is 11.8. The molecule has 5 heteroatoms. The van der Waals surface area contributed by atoms with Crippen LogP contribution in [0.2, 0.25) is 0 Å². The van der Waals surface area contributed by atoms with E-state index in [0.717, 1.165) is 5.56 Å². The quantitative estimate of drug-likeness (QED) is 0.800. The number of carbonyl (C=O) groups is 1. The maximum atomic E-state index is 12.3. The van der Waals surface area contributed by atoms with Gasteiger partial charge in [0, 0.05) is 17.9 Å². The molecule has 0 saturated heterocycles. The van der Waals surface area contributed by atoms with Crippen LogP contribution >= 0.6 is 0 Å². The highest BCUT2D eigenvalue weighted by atomic mass is 16.3. The van der Waals surface area contributed by atoms with Crippen LogP contribution in [-0.4, -0.2) is 15.6 Å². The largest absolute Gasteiger partial charge is 0.397 e. The predicted octanol–water partition coefficient (Wildman–Crippen LogP) is 2.40. The highest BCUT2D eigenvalue weighted by molar-refractivity contribution is 6.03. The van der Waals surface area contributed by atoms with Gasteiger partial charge in [0.15, 0.2) is 0 Å². The summed E-state index contributed by atoms with van der Waals surface area (Å²) in [4.78, 5) is 12.3. The third kappa shape index (κ3) is 3.00. The van der Waals surface area contributed by atoms with Crippen molar-refractivity contribution in [3.8, 4) is 0 Å². The topological polar surface area (TPSA) is 80.3 Å². The molecule has 0 unspecified atom stereocenters. The lowest BCUT2D eigenvalue weighted by Gasteiger charge is -2.12. The molecule has 0 aliphatic heterocycles. The van der Waals surface area contributed by atoms with E-state index in [2.05, 4.69) is 5.32 Å². The van der Waals surface area contributed by atoms with Gasteiger partial charge >= 0.3 is 0 Å². The number of anilines is 2. The molecule has 20 heavy (non-hydrogen) atoms. The number of aromatic nitrogens is 1. The van der Waals surface area contributed by atoms with Crippen molar-refractivity contribution in [3.63, 3.8) is 0 Å². The highest BCUT2D eigenvalue weighted by Gasteiger charge is 2.14. The second-order valence-electron chi connectivity index (χ2n) is 4.97. The zero-order valence-corrected chi connectivity index (χ0v) is 11.6. The summed E-state index contributed by atoms with van der Waals surface area (Å²) in [7, 11) is 0. The molecule has 5 nitrogen and oxygen atoms in total. The normalized spacial score (nSPS) is 10.8. The Labute approximate surface area is 118 Å². The van der Waals surface area contributed by atoms with E-state index in [4.69, 9.17) is 10.8 Å². The van der Waals surface area contributed by atoms with Crippen LogP contribution in [0.15, 0.2) is 36.5 Å². The molecule has 0 aliphatic rings. The Morgan fingerprint density at radius 2 is 2.00 bits per heavy atom.